The first kappa shape index (κ1) is 12.9. The predicted molar refractivity (Wildman–Crippen MR) is 65.2 cm³/mol. The molecule has 2 atom stereocenters. The molecule has 0 saturated heterocycles. The average Bonchev–Trinajstić information content (AvgIpc) is 2.08. The van der Waals surface area contributed by atoms with E-state index >= 15 is 0 Å². The summed E-state index contributed by atoms with van der Waals surface area (Å²) in [5.74, 6) is 0.0531. The number of aromatic nitrogens is 1. The van der Waals surface area contributed by atoms with Gasteiger partial charge in [0.15, 0.2) is 0 Å². The van der Waals surface area contributed by atoms with Gasteiger partial charge in [-0.1, -0.05) is 48.3 Å². The minimum Gasteiger partial charge on any atom is -0.256 e. The molecule has 1 aromatic rings. The number of halogens is 3. The summed E-state index contributed by atoms with van der Waals surface area (Å²) < 4.78 is 13.7. The first-order chi connectivity index (χ1) is 6.93. The van der Waals surface area contributed by atoms with Crippen LogP contribution in [0.2, 0.25) is 5.02 Å². The lowest BCUT2D eigenvalue weighted by Crippen LogP contribution is -2.18. The molecule has 1 aromatic heterocycles. The maximum atomic E-state index is 13.7. The number of hydrogen-bond acceptors (Lipinski definition) is 1. The molecule has 0 amide bonds. The third-order valence-electron chi connectivity index (χ3n) is 2.37. The number of nitrogens with zero attached hydrogens (tertiary/aromatic N) is 1. The van der Waals surface area contributed by atoms with Gasteiger partial charge in [-0.25, -0.2) is 4.39 Å². The Labute approximate surface area is 103 Å². The molecular formula is C11H14BrClFN. The summed E-state index contributed by atoms with van der Waals surface area (Å²) in [5.41, 5.74) is 0.485. The van der Waals surface area contributed by atoms with Gasteiger partial charge >= 0.3 is 0 Å². The first-order valence-electron chi connectivity index (χ1n) is 4.88. The molecule has 0 aliphatic rings. The fraction of sp³-hybridized carbons (Fsp3) is 0.545. The Morgan fingerprint density at radius 1 is 1.40 bits per heavy atom. The molecule has 0 radical (unpaired) electrons. The lowest BCUT2D eigenvalue weighted by Gasteiger charge is -2.23. The van der Waals surface area contributed by atoms with Gasteiger partial charge in [0.25, 0.3) is 0 Å². The smallest absolute Gasteiger partial charge is 0.146 e. The zero-order valence-electron chi connectivity index (χ0n) is 8.97. The van der Waals surface area contributed by atoms with Crippen LogP contribution in [-0.4, -0.2) is 9.81 Å². The molecule has 4 heteroatoms. The minimum absolute atomic E-state index is 0.0577. The molecule has 0 spiro atoms. The zero-order chi connectivity index (χ0) is 11.6. The quantitative estimate of drug-likeness (QED) is 0.753. The number of rotatable bonds is 3. The second-order valence-electron chi connectivity index (χ2n) is 3.97. The van der Waals surface area contributed by atoms with Gasteiger partial charge in [0.05, 0.1) is 10.7 Å². The summed E-state index contributed by atoms with van der Waals surface area (Å²) in [6.07, 6.45) is 1.49. The maximum absolute atomic E-state index is 13.7. The summed E-state index contributed by atoms with van der Waals surface area (Å²) >= 11 is 9.16. The molecule has 0 N–H and O–H groups in total. The van der Waals surface area contributed by atoms with Crippen LogP contribution in [0.1, 0.15) is 32.4 Å². The SMILES string of the molecule is CC(C)C(c1ncc(Cl)cc1F)C(C)Br. The van der Waals surface area contributed by atoms with Crippen LogP contribution in [0, 0.1) is 11.7 Å². The Morgan fingerprint density at radius 2 is 2.00 bits per heavy atom. The van der Waals surface area contributed by atoms with E-state index in [1.807, 2.05) is 6.92 Å². The highest BCUT2D eigenvalue weighted by Crippen LogP contribution is 2.32. The molecular weight excluding hydrogens is 280 g/mol. The largest absolute Gasteiger partial charge is 0.256 e. The monoisotopic (exact) mass is 293 g/mol. The van der Waals surface area contributed by atoms with Crippen molar-refractivity contribution in [2.45, 2.75) is 31.5 Å². The fourth-order valence-corrected chi connectivity index (χ4v) is 2.74. The second kappa shape index (κ2) is 5.26. The van der Waals surface area contributed by atoms with E-state index in [1.54, 1.807) is 0 Å². The number of hydrogen-bond donors (Lipinski definition) is 0. The lowest BCUT2D eigenvalue weighted by molar-refractivity contribution is 0.459. The molecule has 1 rings (SSSR count). The average molecular weight is 295 g/mol. The summed E-state index contributed by atoms with van der Waals surface area (Å²) in [4.78, 5) is 4.26. The third-order valence-corrected chi connectivity index (χ3v) is 3.14. The van der Waals surface area contributed by atoms with E-state index in [4.69, 9.17) is 11.6 Å². The third kappa shape index (κ3) is 3.15. The van der Waals surface area contributed by atoms with Crippen LogP contribution in [-0.2, 0) is 0 Å². The van der Waals surface area contributed by atoms with Crippen molar-refractivity contribution >= 4 is 27.5 Å². The van der Waals surface area contributed by atoms with E-state index in [9.17, 15) is 4.39 Å². The van der Waals surface area contributed by atoms with E-state index in [-0.39, 0.29) is 16.6 Å². The van der Waals surface area contributed by atoms with E-state index < -0.39 is 0 Å². The van der Waals surface area contributed by atoms with Gasteiger partial charge in [-0.3, -0.25) is 4.98 Å². The van der Waals surface area contributed by atoms with Gasteiger partial charge in [-0.2, -0.15) is 0 Å². The molecule has 84 valence electrons. The van der Waals surface area contributed by atoms with Gasteiger partial charge < -0.3 is 0 Å². The second-order valence-corrected chi connectivity index (χ2v) is 5.85. The van der Waals surface area contributed by atoms with Crippen LogP contribution in [0.3, 0.4) is 0 Å². The van der Waals surface area contributed by atoms with Crippen molar-refractivity contribution in [1.29, 1.82) is 0 Å². The Kier molecular flexibility index (Phi) is 4.53. The highest BCUT2D eigenvalue weighted by Gasteiger charge is 2.25. The molecule has 0 bridgehead atoms. The van der Waals surface area contributed by atoms with Gasteiger partial charge in [-0.15, -0.1) is 0 Å². The highest BCUT2D eigenvalue weighted by atomic mass is 79.9. The van der Waals surface area contributed by atoms with Crippen molar-refractivity contribution in [2.24, 2.45) is 5.92 Å². The number of alkyl halides is 1. The highest BCUT2D eigenvalue weighted by molar-refractivity contribution is 9.09. The van der Waals surface area contributed by atoms with E-state index in [0.29, 0.717) is 16.6 Å². The van der Waals surface area contributed by atoms with Crippen molar-refractivity contribution in [3.05, 3.63) is 28.8 Å². The van der Waals surface area contributed by atoms with Gasteiger partial charge in [0, 0.05) is 16.9 Å². The van der Waals surface area contributed by atoms with Gasteiger partial charge in [0.1, 0.15) is 5.82 Å². The molecule has 0 aliphatic carbocycles. The van der Waals surface area contributed by atoms with Crippen molar-refractivity contribution in [2.75, 3.05) is 0 Å². The fourth-order valence-electron chi connectivity index (χ4n) is 1.73. The topological polar surface area (TPSA) is 12.9 Å². The van der Waals surface area contributed by atoms with Crippen LogP contribution < -0.4 is 0 Å². The van der Waals surface area contributed by atoms with Gasteiger partial charge in [-0.05, 0) is 12.0 Å². The molecule has 0 fully saturated rings. The van der Waals surface area contributed by atoms with Crippen LogP contribution in [0.4, 0.5) is 4.39 Å². The molecule has 0 saturated carbocycles. The Hall–Kier alpha value is -0.150. The first-order valence-corrected chi connectivity index (χ1v) is 6.18. The normalized spacial score (nSPS) is 15.4. The standard InChI is InChI=1S/C11H14BrClFN/c1-6(2)10(7(3)12)11-9(14)4-8(13)5-15-11/h4-7,10H,1-3H3. The molecule has 0 aliphatic heterocycles. The molecule has 15 heavy (non-hydrogen) atoms. The van der Waals surface area contributed by atoms with Crippen molar-refractivity contribution in [3.63, 3.8) is 0 Å². The minimum atomic E-state index is -0.326. The molecule has 1 nitrogen and oxygen atoms in total. The summed E-state index contributed by atoms with van der Waals surface area (Å²) in [5, 5.41) is 0.334. The number of pyridine rings is 1. The van der Waals surface area contributed by atoms with Gasteiger partial charge in [0.2, 0.25) is 0 Å². The van der Waals surface area contributed by atoms with Crippen molar-refractivity contribution in [3.8, 4) is 0 Å². The Morgan fingerprint density at radius 3 is 2.40 bits per heavy atom. The van der Waals surface area contributed by atoms with Crippen LogP contribution in [0.15, 0.2) is 12.3 Å². The maximum Gasteiger partial charge on any atom is 0.146 e. The molecule has 0 aromatic carbocycles. The van der Waals surface area contributed by atoms with E-state index in [1.165, 1.54) is 12.3 Å². The van der Waals surface area contributed by atoms with E-state index in [0.717, 1.165) is 0 Å². The van der Waals surface area contributed by atoms with E-state index in [2.05, 4.69) is 34.8 Å². The summed E-state index contributed by atoms with van der Waals surface area (Å²) in [6.45, 7) is 6.11. The summed E-state index contributed by atoms with van der Waals surface area (Å²) in [6, 6.07) is 1.31. The summed E-state index contributed by atoms with van der Waals surface area (Å²) in [7, 11) is 0. The Balaban J connectivity index is 3.12. The molecule has 2 unspecified atom stereocenters. The lowest BCUT2D eigenvalue weighted by atomic mass is 9.89. The predicted octanol–water partition coefficient (Wildman–Crippen LogP) is 4.40. The van der Waals surface area contributed by atoms with Crippen molar-refractivity contribution in [1.82, 2.24) is 4.98 Å². The Bertz CT molecular complexity index is 333. The zero-order valence-corrected chi connectivity index (χ0v) is 11.3. The van der Waals surface area contributed by atoms with Crippen molar-refractivity contribution < 1.29 is 4.39 Å². The molecule has 1 heterocycles. The van der Waals surface area contributed by atoms with Crippen LogP contribution >= 0.6 is 27.5 Å². The van der Waals surface area contributed by atoms with Crippen LogP contribution in [0.25, 0.3) is 0 Å². The van der Waals surface area contributed by atoms with Crippen LogP contribution in [0.5, 0.6) is 0 Å².